The van der Waals surface area contributed by atoms with Crippen molar-refractivity contribution in [2.45, 2.75) is 36.6 Å². The van der Waals surface area contributed by atoms with E-state index in [0.29, 0.717) is 6.42 Å². The van der Waals surface area contributed by atoms with E-state index < -0.39 is 33.9 Å². The first kappa shape index (κ1) is 17.6. The minimum Gasteiger partial charge on any atom is -0.481 e. The third kappa shape index (κ3) is 4.35. The molecule has 8 heteroatoms. The van der Waals surface area contributed by atoms with Crippen LogP contribution in [0.25, 0.3) is 0 Å². The van der Waals surface area contributed by atoms with E-state index >= 15 is 0 Å². The number of carboxylic acids is 1. The summed E-state index contributed by atoms with van der Waals surface area (Å²) >= 11 is 0. The van der Waals surface area contributed by atoms with Gasteiger partial charge in [0.2, 0.25) is 10.0 Å². The van der Waals surface area contributed by atoms with Gasteiger partial charge >= 0.3 is 5.97 Å². The van der Waals surface area contributed by atoms with E-state index in [-0.39, 0.29) is 16.9 Å². The molecule has 2 atom stereocenters. The van der Waals surface area contributed by atoms with Gasteiger partial charge < -0.3 is 5.11 Å². The van der Waals surface area contributed by atoms with Gasteiger partial charge in [0, 0.05) is 18.5 Å². The van der Waals surface area contributed by atoms with Gasteiger partial charge in [-0.1, -0.05) is 24.3 Å². The molecule has 0 amide bonds. The second-order valence-electron chi connectivity index (χ2n) is 5.58. The highest BCUT2D eigenvalue weighted by Crippen LogP contribution is 2.28. The van der Waals surface area contributed by atoms with Crippen molar-refractivity contribution in [2.75, 3.05) is 0 Å². The predicted molar refractivity (Wildman–Crippen MR) is 79.6 cm³/mol. The van der Waals surface area contributed by atoms with Crippen LogP contribution in [0.15, 0.2) is 41.3 Å². The average molecular weight is 345 g/mol. The van der Waals surface area contributed by atoms with Crippen LogP contribution in [0.2, 0.25) is 0 Å². The molecule has 2 rings (SSSR count). The lowest BCUT2D eigenvalue weighted by molar-refractivity contribution is -0.142. The van der Waals surface area contributed by atoms with Crippen molar-refractivity contribution in [3.8, 4) is 0 Å². The zero-order chi connectivity index (χ0) is 17.3. The Balaban J connectivity index is 2.14. The van der Waals surface area contributed by atoms with Crippen LogP contribution in [0.1, 0.15) is 25.3 Å². The van der Waals surface area contributed by atoms with Gasteiger partial charge in [0.15, 0.2) is 0 Å². The summed E-state index contributed by atoms with van der Waals surface area (Å²) in [7, 11) is -3.91. The molecule has 0 spiro atoms. The minimum absolute atomic E-state index is 0.142. The number of nitrogens with one attached hydrogen (secondary N) is 1. The van der Waals surface area contributed by atoms with Crippen LogP contribution in [0, 0.1) is 5.92 Å². The van der Waals surface area contributed by atoms with Gasteiger partial charge in [-0.25, -0.2) is 21.9 Å². The molecule has 1 aromatic rings. The largest absolute Gasteiger partial charge is 0.481 e. The first-order valence-electron chi connectivity index (χ1n) is 7.00. The molecule has 0 saturated heterocycles. The monoisotopic (exact) mass is 345 g/mol. The fourth-order valence-corrected chi connectivity index (χ4v) is 3.58. The number of sulfonamides is 1. The zero-order valence-electron chi connectivity index (χ0n) is 12.4. The van der Waals surface area contributed by atoms with Crippen molar-refractivity contribution in [3.05, 3.63) is 42.0 Å². The molecule has 5 nitrogen and oxygen atoms in total. The third-order valence-electron chi connectivity index (χ3n) is 3.65. The zero-order valence-corrected chi connectivity index (χ0v) is 13.2. The van der Waals surface area contributed by atoms with Crippen LogP contribution < -0.4 is 4.72 Å². The molecule has 0 heterocycles. The summed E-state index contributed by atoms with van der Waals surface area (Å²) in [5.74, 6) is -4.67. The van der Waals surface area contributed by atoms with Crippen LogP contribution in [0.3, 0.4) is 0 Å². The van der Waals surface area contributed by atoms with Gasteiger partial charge in [0.1, 0.15) is 0 Å². The Labute approximate surface area is 133 Å². The molecule has 0 aliphatic heterocycles. The summed E-state index contributed by atoms with van der Waals surface area (Å²) in [5.41, 5.74) is -0.278. The number of allylic oxidation sites excluding steroid dienone is 1. The highest BCUT2D eigenvalue weighted by molar-refractivity contribution is 7.89. The number of hydrogen-bond acceptors (Lipinski definition) is 3. The first-order chi connectivity index (χ1) is 10.6. The summed E-state index contributed by atoms with van der Waals surface area (Å²) < 4.78 is 53.2. The number of carboxylic acid groups (broad SMARTS) is 1. The van der Waals surface area contributed by atoms with Crippen LogP contribution >= 0.6 is 0 Å². The number of rotatable bonds is 5. The number of halogens is 2. The second kappa shape index (κ2) is 6.37. The van der Waals surface area contributed by atoms with Gasteiger partial charge in [-0.05, 0) is 25.0 Å². The Morgan fingerprint density at radius 1 is 1.30 bits per heavy atom. The highest BCUT2D eigenvalue weighted by atomic mass is 32.2. The summed E-state index contributed by atoms with van der Waals surface area (Å²) in [6.07, 6.45) is 3.73. The van der Waals surface area contributed by atoms with Crippen molar-refractivity contribution < 1.29 is 27.1 Å². The summed E-state index contributed by atoms with van der Waals surface area (Å²) in [4.78, 5) is 10.8. The van der Waals surface area contributed by atoms with E-state index in [2.05, 4.69) is 4.72 Å². The average Bonchev–Trinajstić information content (AvgIpc) is 2.46. The number of hydrogen-bond donors (Lipinski definition) is 2. The molecule has 1 aliphatic rings. The van der Waals surface area contributed by atoms with E-state index in [1.54, 1.807) is 12.2 Å². The van der Waals surface area contributed by atoms with E-state index in [4.69, 9.17) is 5.11 Å². The Morgan fingerprint density at radius 3 is 2.43 bits per heavy atom. The van der Waals surface area contributed by atoms with Gasteiger partial charge in [-0.15, -0.1) is 0 Å². The van der Waals surface area contributed by atoms with Gasteiger partial charge in [0.05, 0.1) is 10.8 Å². The molecule has 1 aromatic carbocycles. The quantitative estimate of drug-likeness (QED) is 0.803. The Kier molecular flexibility index (Phi) is 4.86. The van der Waals surface area contributed by atoms with Crippen molar-refractivity contribution in [2.24, 2.45) is 5.92 Å². The van der Waals surface area contributed by atoms with E-state index in [9.17, 15) is 22.0 Å². The molecule has 1 aliphatic carbocycles. The van der Waals surface area contributed by atoms with Gasteiger partial charge in [-0.2, -0.15) is 0 Å². The number of aliphatic carboxylic acids is 1. The van der Waals surface area contributed by atoms with E-state index in [1.807, 2.05) is 0 Å². The lowest BCUT2D eigenvalue weighted by atomic mass is 9.92. The van der Waals surface area contributed by atoms with Crippen molar-refractivity contribution >= 4 is 16.0 Å². The maximum atomic E-state index is 13.1. The highest BCUT2D eigenvalue weighted by Gasteiger charge is 2.28. The molecule has 0 fully saturated rings. The summed E-state index contributed by atoms with van der Waals surface area (Å²) in [6, 6.07) is 3.70. The van der Waals surface area contributed by atoms with Gasteiger partial charge in [0.25, 0.3) is 5.92 Å². The standard InChI is InChI=1S/C15H17F2NO4S/c1-15(16,17)11-5-7-13(8-6-11)23(21,22)18-12-4-2-3-10(9-12)14(19)20/h2,4-8,10,12,18H,3,9H2,1H3,(H,19,20)/t10-,12-/m0/s1. The molecule has 0 radical (unpaired) electrons. The fourth-order valence-electron chi connectivity index (χ4n) is 2.37. The number of benzene rings is 1. The van der Waals surface area contributed by atoms with E-state index in [1.165, 1.54) is 0 Å². The number of carbonyl (C=O) groups is 1. The van der Waals surface area contributed by atoms with Gasteiger partial charge in [-0.3, -0.25) is 4.79 Å². The van der Waals surface area contributed by atoms with Crippen molar-refractivity contribution in [1.29, 1.82) is 0 Å². The Bertz CT molecular complexity index is 708. The maximum Gasteiger partial charge on any atom is 0.306 e. The lowest BCUT2D eigenvalue weighted by Crippen LogP contribution is -2.37. The predicted octanol–water partition coefficient (Wildman–Crippen LogP) is 2.50. The van der Waals surface area contributed by atoms with Crippen LogP contribution in [-0.4, -0.2) is 25.5 Å². The first-order valence-corrected chi connectivity index (χ1v) is 8.48. The SMILES string of the molecule is CC(F)(F)c1ccc(S(=O)(=O)N[C@H]2C=CC[C@H](C(=O)O)C2)cc1. The normalized spacial score (nSPS) is 22.0. The van der Waals surface area contributed by atoms with Crippen LogP contribution in [-0.2, 0) is 20.7 Å². The van der Waals surface area contributed by atoms with Crippen LogP contribution in [0.5, 0.6) is 0 Å². The lowest BCUT2D eigenvalue weighted by Gasteiger charge is -2.22. The summed E-state index contributed by atoms with van der Waals surface area (Å²) in [6.45, 7) is 0.730. The van der Waals surface area contributed by atoms with Crippen LogP contribution in [0.4, 0.5) is 8.78 Å². The second-order valence-corrected chi connectivity index (χ2v) is 7.29. The molecular weight excluding hydrogens is 328 g/mol. The van der Waals surface area contributed by atoms with Crippen molar-refractivity contribution in [3.63, 3.8) is 0 Å². The Hall–Kier alpha value is -1.80. The summed E-state index contributed by atoms with van der Waals surface area (Å²) in [5, 5.41) is 9.00. The third-order valence-corrected chi connectivity index (χ3v) is 5.16. The smallest absolute Gasteiger partial charge is 0.306 e. The Morgan fingerprint density at radius 2 is 1.91 bits per heavy atom. The number of alkyl halides is 2. The molecule has 0 aromatic heterocycles. The molecular formula is C15H17F2NO4S. The molecule has 0 unspecified atom stereocenters. The molecule has 23 heavy (non-hydrogen) atoms. The molecule has 0 saturated carbocycles. The maximum absolute atomic E-state index is 13.1. The topological polar surface area (TPSA) is 83.5 Å². The molecule has 2 N–H and O–H groups in total. The molecule has 126 valence electrons. The fraction of sp³-hybridized carbons (Fsp3) is 0.400. The van der Waals surface area contributed by atoms with Crippen molar-refractivity contribution in [1.82, 2.24) is 4.72 Å². The van der Waals surface area contributed by atoms with E-state index in [0.717, 1.165) is 31.2 Å². The molecule has 0 bridgehead atoms. The minimum atomic E-state index is -3.91.